The maximum absolute atomic E-state index is 11.1. The summed E-state index contributed by atoms with van der Waals surface area (Å²) < 4.78 is 6.10. The van der Waals surface area contributed by atoms with Crippen molar-refractivity contribution in [2.45, 2.75) is 24.8 Å². The van der Waals surface area contributed by atoms with Gasteiger partial charge in [0.1, 0.15) is 0 Å². The third-order valence-electron chi connectivity index (χ3n) is 2.87. The molecule has 2 aromatic rings. The highest BCUT2D eigenvalue weighted by Gasteiger charge is 2.38. The van der Waals surface area contributed by atoms with Crippen LogP contribution in [0.15, 0.2) is 27.4 Å². The molecule has 1 aliphatic rings. The van der Waals surface area contributed by atoms with Gasteiger partial charge in [-0.3, -0.25) is 0 Å². The van der Waals surface area contributed by atoms with Gasteiger partial charge in [0, 0.05) is 5.54 Å². The van der Waals surface area contributed by atoms with Crippen molar-refractivity contribution < 1.29 is 4.42 Å². The quantitative estimate of drug-likeness (QED) is 0.842. The number of benzene rings is 1. The topological polar surface area (TPSA) is 56.2 Å². The molecule has 3 rings (SSSR count). The van der Waals surface area contributed by atoms with E-state index in [0.29, 0.717) is 0 Å². The minimum absolute atomic E-state index is 0.0468. The van der Waals surface area contributed by atoms with E-state index in [1.807, 2.05) is 18.2 Å². The van der Waals surface area contributed by atoms with E-state index in [1.165, 1.54) is 0 Å². The van der Waals surface area contributed by atoms with Crippen LogP contribution in [0.3, 0.4) is 0 Å². The van der Waals surface area contributed by atoms with Gasteiger partial charge in [-0.15, -0.1) is 0 Å². The van der Waals surface area contributed by atoms with Crippen molar-refractivity contribution in [1.82, 2.24) is 0 Å². The molecule has 0 bridgehead atoms. The molecule has 1 fully saturated rings. The van der Waals surface area contributed by atoms with Crippen LogP contribution in [0, 0.1) is 0 Å². The molecular weight excluding hydrogens is 210 g/mol. The first-order chi connectivity index (χ1) is 7.16. The van der Waals surface area contributed by atoms with Crippen LogP contribution in [0.1, 0.15) is 18.4 Å². The van der Waals surface area contributed by atoms with Crippen LogP contribution in [0.25, 0.3) is 10.3 Å². The highest BCUT2D eigenvalue weighted by Crippen LogP contribution is 2.37. The monoisotopic (exact) mass is 221 g/mol. The van der Waals surface area contributed by atoms with Crippen LogP contribution < -0.4 is 10.7 Å². The molecule has 15 heavy (non-hydrogen) atoms. The van der Waals surface area contributed by atoms with Gasteiger partial charge in [0.25, 0.3) is 0 Å². The molecule has 1 aliphatic carbocycles. The zero-order valence-corrected chi connectivity index (χ0v) is 8.97. The molecule has 0 atom stereocenters. The molecular formula is C11H11NO2S. The minimum atomic E-state index is -0.237. The zero-order chi connectivity index (χ0) is 10.5. The van der Waals surface area contributed by atoms with Gasteiger partial charge in [-0.05, 0) is 30.9 Å². The molecule has 1 aromatic carbocycles. The predicted octanol–water partition coefficient (Wildman–Crippen LogP) is 1.89. The summed E-state index contributed by atoms with van der Waals surface area (Å²) in [4.78, 5) is 10.9. The minimum Gasteiger partial charge on any atom is -0.414 e. The van der Waals surface area contributed by atoms with E-state index in [1.54, 1.807) is 0 Å². The van der Waals surface area contributed by atoms with E-state index in [9.17, 15) is 4.79 Å². The molecule has 0 aliphatic heterocycles. The van der Waals surface area contributed by atoms with Gasteiger partial charge in [-0.25, -0.2) is 4.79 Å². The average Bonchev–Trinajstić information content (AvgIpc) is 2.76. The summed E-state index contributed by atoms with van der Waals surface area (Å²) in [6.07, 6.45) is 2.94. The molecule has 2 N–H and O–H groups in total. The summed E-state index contributed by atoms with van der Waals surface area (Å²) in [7, 11) is 0. The Morgan fingerprint density at radius 1 is 1.47 bits per heavy atom. The van der Waals surface area contributed by atoms with Gasteiger partial charge < -0.3 is 10.2 Å². The fraction of sp³-hybridized carbons (Fsp3) is 0.364. The van der Waals surface area contributed by atoms with Gasteiger partial charge in [0.15, 0.2) is 5.58 Å². The highest BCUT2D eigenvalue weighted by molar-refractivity contribution is 7.16. The lowest BCUT2D eigenvalue weighted by molar-refractivity contribution is 0.574. The summed E-state index contributed by atoms with van der Waals surface area (Å²) in [6, 6.07) is 5.85. The lowest BCUT2D eigenvalue weighted by atomic mass is 10.0. The van der Waals surface area contributed by atoms with Crippen LogP contribution in [-0.4, -0.2) is 5.54 Å². The second-order valence-electron chi connectivity index (χ2n) is 4.24. The molecule has 1 saturated carbocycles. The molecule has 3 nitrogen and oxygen atoms in total. The van der Waals surface area contributed by atoms with Crippen molar-refractivity contribution in [2.24, 2.45) is 5.73 Å². The summed E-state index contributed by atoms with van der Waals surface area (Å²) >= 11 is 1.15. The molecule has 4 heteroatoms. The first-order valence-electron chi connectivity index (χ1n) is 4.97. The Morgan fingerprint density at radius 3 is 3.00 bits per heavy atom. The zero-order valence-electron chi connectivity index (χ0n) is 8.16. The Kier molecular flexibility index (Phi) is 1.78. The summed E-state index contributed by atoms with van der Waals surface area (Å²) in [5.41, 5.74) is 7.80. The lowest BCUT2D eigenvalue weighted by Crippen LogP contribution is -2.24. The Hall–Kier alpha value is -1.13. The molecule has 0 radical (unpaired) electrons. The van der Waals surface area contributed by atoms with Crippen molar-refractivity contribution in [3.63, 3.8) is 0 Å². The second-order valence-corrected chi connectivity index (χ2v) is 5.21. The van der Waals surface area contributed by atoms with Crippen molar-refractivity contribution in [3.05, 3.63) is 33.5 Å². The van der Waals surface area contributed by atoms with Crippen molar-refractivity contribution in [1.29, 1.82) is 0 Å². The summed E-state index contributed by atoms with van der Waals surface area (Å²) in [5.74, 6) is 0. The molecule has 0 saturated heterocycles. The Balaban J connectivity index is 2.12. The maximum Gasteiger partial charge on any atom is 0.396 e. The first-order valence-corrected chi connectivity index (χ1v) is 5.78. The Bertz CT molecular complexity index is 565. The predicted molar refractivity (Wildman–Crippen MR) is 60.2 cm³/mol. The fourth-order valence-electron chi connectivity index (χ4n) is 1.81. The van der Waals surface area contributed by atoms with E-state index in [4.69, 9.17) is 10.2 Å². The molecule has 78 valence electrons. The molecule has 0 unspecified atom stereocenters. The van der Waals surface area contributed by atoms with E-state index in [-0.39, 0.29) is 10.5 Å². The fourth-order valence-corrected chi connectivity index (χ4v) is 2.52. The smallest absolute Gasteiger partial charge is 0.396 e. The second kappa shape index (κ2) is 2.93. The van der Waals surface area contributed by atoms with E-state index in [2.05, 4.69) is 0 Å². The number of rotatable bonds is 2. The van der Waals surface area contributed by atoms with E-state index in [0.717, 1.165) is 46.4 Å². The average molecular weight is 221 g/mol. The normalized spacial score (nSPS) is 18.2. The molecule has 1 heterocycles. The van der Waals surface area contributed by atoms with E-state index < -0.39 is 0 Å². The molecule has 1 aromatic heterocycles. The third kappa shape index (κ3) is 1.60. The van der Waals surface area contributed by atoms with Crippen molar-refractivity contribution in [3.8, 4) is 0 Å². The van der Waals surface area contributed by atoms with Gasteiger partial charge in [0.05, 0.1) is 4.70 Å². The van der Waals surface area contributed by atoms with Crippen LogP contribution in [-0.2, 0) is 6.42 Å². The number of nitrogens with two attached hydrogens (primary N) is 1. The standard InChI is InChI=1S/C11H11NO2S/c12-11(4-5-11)6-7-2-1-3-8-9(7)14-10(13)15-8/h1-3H,4-6,12H2. The largest absolute Gasteiger partial charge is 0.414 e. The van der Waals surface area contributed by atoms with Crippen molar-refractivity contribution in [2.75, 3.05) is 0 Å². The number of hydrogen-bond donors (Lipinski definition) is 1. The number of para-hydroxylation sites is 1. The molecule has 0 amide bonds. The van der Waals surface area contributed by atoms with Gasteiger partial charge in [-0.2, -0.15) is 0 Å². The Morgan fingerprint density at radius 2 is 2.27 bits per heavy atom. The summed E-state index contributed by atoms with van der Waals surface area (Å²) in [5, 5.41) is 0. The summed E-state index contributed by atoms with van der Waals surface area (Å²) in [6.45, 7) is 0. The highest BCUT2D eigenvalue weighted by atomic mass is 32.1. The number of hydrogen-bond acceptors (Lipinski definition) is 4. The van der Waals surface area contributed by atoms with Gasteiger partial charge in [0.2, 0.25) is 0 Å². The lowest BCUT2D eigenvalue weighted by Gasteiger charge is -2.07. The van der Waals surface area contributed by atoms with E-state index >= 15 is 0 Å². The SMILES string of the molecule is NC1(Cc2cccc3sc(=O)oc23)CC1. The number of fused-ring (bicyclic) bond motifs is 1. The first kappa shape index (κ1) is 9.12. The van der Waals surface area contributed by atoms with Crippen LogP contribution in [0.5, 0.6) is 0 Å². The van der Waals surface area contributed by atoms with Crippen LogP contribution in [0.4, 0.5) is 0 Å². The van der Waals surface area contributed by atoms with Crippen molar-refractivity contribution >= 4 is 21.6 Å². The maximum atomic E-state index is 11.1. The van der Waals surface area contributed by atoms with Crippen LogP contribution in [0.2, 0.25) is 0 Å². The third-order valence-corrected chi connectivity index (χ3v) is 3.67. The van der Waals surface area contributed by atoms with Gasteiger partial charge >= 0.3 is 4.94 Å². The Labute approximate surface area is 90.5 Å². The van der Waals surface area contributed by atoms with Crippen LogP contribution >= 0.6 is 11.3 Å². The van der Waals surface area contributed by atoms with Gasteiger partial charge in [-0.1, -0.05) is 23.5 Å². The molecule has 0 spiro atoms.